The summed E-state index contributed by atoms with van der Waals surface area (Å²) < 4.78 is 4.74. The number of thioether (sulfide) groups is 1. The zero-order chi connectivity index (χ0) is 18.0. The normalized spacial score (nSPS) is 12.0. The van der Waals surface area contributed by atoms with E-state index in [1.807, 2.05) is 0 Å². The maximum absolute atomic E-state index is 12.7. The van der Waals surface area contributed by atoms with Crippen molar-refractivity contribution < 1.29 is 14.3 Å². The highest BCUT2D eigenvalue weighted by Gasteiger charge is 2.26. The fourth-order valence-electron chi connectivity index (χ4n) is 2.26. The van der Waals surface area contributed by atoms with Crippen molar-refractivity contribution in [2.45, 2.75) is 31.2 Å². The number of hydrogen-bond acceptors (Lipinski definition) is 9. The molecule has 24 heavy (non-hydrogen) atoms. The summed E-state index contributed by atoms with van der Waals surface area (Å²) in [7, 11) is 1.30. The van der Waals surface area contributed by atoms with E-state index in [1.165, 1.54) is 7.11 Å². The number of aromatic nitrogens is 4. The number of hydrogen-bond donors (Lipinski definition) is 3. The van der Waals surface area contributed by atoms with Crippen LogP contribution in [0, 0.1) is 13.8 Å². The first-order valence-corrected chi connectivity index (χ1v) is 7.88. The summed E-state index contributed by atoms with van der Waals surface area (Å²) in [5.74, 6) is -0.707. The number of esters is 1. The molecular weight excluding hydrogens is 332 g/mol. The summed E-state index contributed by atoms with van der Waals surface area (Å²) in [5, 5.41) is -0.261. The molecule has 0 fully saturated rings. The Bertz CT molecular complexity index is 784. The number of nitrogens with one attached hydrogen (secondary N) is 1. The largest absolute Gasteiger partial charge is 0.465 e. The highest BCUT2D eigenvalue weighted by Crippen LogP contribution is 2.26. The summed E-state index contributed by atoms with van der Waals surface area (Å²) in [5.41, 5.74) is 12.9. The van der Waals surface area contributed by atoms with Gasteiger partial charge < -0.3 is 21.2 Å². The number of Topliss-reactive ketones (excluding diaryl/α,β-unsaturated/α-hetero) is 1. The van der Waals surface area contributed by atoms with Crippen molar-refractivity contribution in [1.82, 2.24) is 19.9 Å². The van der Waals surface area contributed by atoms with Crippen LogP contribution in [0.2, 0.25) is 0 Å². The van der Waals surface area contributed by atoms with Gasteiger partial charge in [-0.25, -0.2) is 4.79 Å². The Kier molecular flexibility index (Phi) is 5.07. The molecule has 0 aliphatic heterocycles. The topological polar surface area (TPSA) is 150 Å². The second-order valence-electron chi connectivity index (χ2n) is 5.08. The van der Waals surface area contributed by atoms with Crippen LogP contribution in [-0.4, -0.2) is 44.0 Å². The molecule has 2 heterocycles. The maximum Gasteiger partial charge on any atom is 0.339 e. The number of rotatable bonds is 5. The fraction of sp³-hybridized carbons (Fsp3) is 0.357. The molecular formula is C14H18N6O3S. The van der Waals surface area contributed by atoms with Crippen LogP contribution in [0.25, 0.3) is 0 Å². The van der Waals surface area contributed by atoms with Crippen LogP contribution in [0.15, 0.2) is 5.16 Å². The van der Waals surface area contributed by atoms with Crippen molar-refractivity contribution in [3.8, 4) is 0 Å². The van der Waals surface area contributed by atoms with E-state index in [2.05, 4.69) is 19.9 Å². The first-order valence-electron chi connectivity index (χ1n) is 7.00. The van der Waals surface area contributed by atoms with E-state index in [1.54, 1.807) is 20.8 Å². The van der Waals surface area contributed by atoms with Crippen LogP contribution < -0.4 is 11.5 Å². The number of nitrogens with zero attached hydrogens (tertiary/aromatic N) is 3. The number of H-pyrrole nitrogens is 1. The third-order valence-electron chi connectivity index (χ3n) is 3.37. The summed E-state index contributed by atoms with van der Waals surface area (Å²) in [6.45, 7) is 5.11. The lowest BCUT2D eigenvalue weighted by Gasteiger charge is -2.09. The van der Waals surface area contributed by atoms with Gasteiger partial charge in [0.25, 0.3) is 0 Å². The number of nitrogen functional groups attached to an aromatic ring is 2. The van der Waals surface area contributed by atoms with Crippen LogP contribution in [0.4, 0.5) is 11.9 Å². The van der Waals surface area contributed by atoms with Crippen molar-refractivity contribution in [3.63, 3.8) is 0 Å². The van der Waals surface area contributed by atoms with Crippen LogP contribution in [-0.2, 0) is 4.74 Å². The second-order valence-corrected chi connectivity index (χ2v) is 6.38. The third kappa shape index (κ3) is 3.48. The number of ketones is 1. The van der Waals surface area contributed by atoms with E-state index in [0.29, 0.717) is 22.5 Å². The van der Waals surface area contributed by atoms with Crippen LogP contribution >= 0.6 is 11.8 Å². The molecule has 0 amide bonds. The highest BCUT2D eigenvalue weighted by atomic mass is 32.2. The van der Waals surface area contributed by atoms with E-state index >= 15 is 0 Å². The van der Waals surface area contributed by atoms with Gasteiger partial charge in [0.05, 0.1) is 23.6 Å². The quantitative estimate of drug-likeness (QED) is 0.409. The molecule has 0 radical (unpaired) electrons. The number of carbonyl (C=O) groups excluding carboxylic acids is 2. The fourth-order valence-corrected chi connectivity index (χ4v) is 3.09. The summed E-state index contributed by atoms with van der Waals surface area (Å²) in [6.07, 6.45) is 0. The molecule has 9 nitrogen and oxygen atoms in total. The van der Waals surface area contributed by atoms with Gasteiger partial charge in [0.15, 0.2) is 10.9 Å². The van der Waals surface area contributed by atoms with Crippen LogP contribution in [0.1, 0.15) is 39.0 Å². The summed E-state index contributed by atoms with van der Waals surface area (Å²) >= 11 is 1.10. The second kappa shape index (κ2) is 6.87. The molecule has 128 valence electrons. The molecule has 0 spiro atoms. The monoisotopic (exact) mass is 350 g/mol. The van der Waals surface area contributed by atoms with Gasteiger partial charge in [0.2, 0.25) is 11.9 Å². The molecule has 2 aromatic rings. The van der Waals surface area contributed by atoms with E-state index in [4.69, 9.17) is 16.2 Å². The lowest BCUT2D eigenvalue weighted by Crippen LogP contribution is -2.16. The molecule has 0 saturated heterocycles. The molecule has 0 unspecified atom stereocenters. The molecule has 0 saturated carbocycles. The molecule has 2 aromatic heterocycles. The Hall–Kier alpha value is -2.62. The molecule has 10 heteroatoms. The van der Waals surface area contributed by atoms with E-state index in [-0.39, 0.29) is 22.8 Å². The first-order chi connectivity index (χ1) is 11.2. The highest BCUT2D eigenvalue weighted by molar-refractivity contribution is 8.00. The lowest BCUT2D eigenvalue weighted by molar-refractivity contribution is 0.0599. The number of aryl methyl sites for hydroxylation is 1. The summed E-state index contributed by atoms with van der Waals surface area (Å²) in [4.78, 5) is 39.0. The first kappa shape index (κ1) is 17.7. The number of nitrogens with two attached hydrogens (primary N) is 2. The number of methoxy groups -OCH3 is 1. The maximum atomic E-state index is 12.7. The van der Waals surface area contributed by atoms with Crippen LogP contribution in [0.3, 0.4) is 0 Å². The van der Waals surface area contributed by atoms with Gasteiger partial charge in [-0.2, -0.15) is 15.0 Å². The molecule has 0 bridgehead atoms. The SMILES string of the molecule is COC(=O)c1c(C)[nH]c(C(=O)[C@@H](C)Sc2nc(N)nc(N)n2)c1C. The minimum Gasteiger partial charge on any atom is -0.465 e. The Balaban J connectivity index is 2.26. The van der Waals surface area contributed by atoms with Gasteiger partial charge in [0, 0.05) is 5.69 Å². The minimum atomic E-state index is -0.520. The molecule has 0 aliphatic rings. The smallest absolute Gasteiger partial charge is 0.339 e. The number of aromatic amines is 1. The van der Waals surface area contributed by atoms with E-state index in [9.17, 15) is 9.59 Å². The van der Waals surface area contributed by atoms with Crippen molar-refractivity contribution in [1.29, 1.82) is 0 Å². The zero-order valence-corrected chi connectivity index (χ0v) is 14.5. The number of anilines is 2. The molecule has 0 aromatic carbocycles. The average molecular weight is 350 g/mol. The average Bonchev–Trinajstić information content (AvgIpc) is 2.79. The standard InChI is InChI=1S/C14H18N6O3S/c1-5-8(11(22)23-4)6(2)17-9(5)10(21)7(3)24-14-19-12(15)18-13(16)20-14/h7,17H,1-4H3,(H4,15,16,18,19,20)/t7-/m1/s1. The van der Waals surface area contributed by atoms with Gasteiger partial charge in [-0.15, -0.1) is 0 Å². The Morgan fingerprint density at radius 2 is 1.75 bits per heavy atom. The van der Waals surface area contributed by atoms with Gasteiger partial charge in [-0.3, -0.25) is 4.79 Å². The minimum absolute atomic E-state index is 0.00970. The molecule has 0 aliphatic carbocycles. The van der Waals surface area contributed by atoms with Gasteiger partial charge >= 0.3 is 5.97 Å². The predicted molar refractivity (Wildman–Crippen MR) is 89.9 cm³/mol. The summed E-state index contributed by atoms with van der Waals surface area (Å²) in [6, 6.07) is 0. The third-order valence-corrected chi connectivity index (χ3v) is 4.34. The van der Waals surface area contributed by atoms with E-state index < -0.39 is 11.2 Å². The molecule has 2 rings (SSSR count). The lowest BCUT2D eigenvalue weighted by atomic mass is 10.1. The predicted octanol–water partition coefficient (Wildman–Crippen LogP) is 1.13. The van der Waals surface area contributed by atoms with Gasteiger partial charge in [0.1, 0.15) is 0 Å². The van der Waals surface area contributed by atoms with Crippen molar-refractivity contribution >= 4 is 35.4 Å². The Labute approximate surface area is 142 Å². The van der Waals surface area contributed by atoms with Gasteiger partial charge in [-0.05, 0) is 26.3 Å². The molecule has 5 N–H and O–H groups in total. The van der Waals surface area contributed by atoms with E-state index in [0.717, 1.165) is 11.8 Å². The Morgan fingerprint density at radius 3 is 2.29 bits per heavy atom. The number of ether oxygens (including phenoxy) is 1. The molecule has 1 atom stereocenters. The zero-order valence-electron chi connectivity index (χ0n) is 13.7. The van der Waals surface area contributed by atoms with Crippen molar-refractivity contribution in [3.05, 3.63) is 22.5 Å². The van der Waals surface area contributed by atoms with Crippen molar-refractivity contribution in [2.24, 2.45) is 0 Å². The number of carbonyl (C=O) groups is 2. The van der Waals surface area contributed by atoms with Crippen LogP contribution in [0.5, 0.6) is 0 Å². The van der Waals surface area contributed by atoms with Gasteiger partial charge in [-0.1, -0.05) is 11.8 Å². The Morgan fingerprint density at radius 1 is 1.17 bits per heavy atom. The van der Waals surface area contributed by atoms with Crippen molar-refractivity contribution in [2.75, 3.05) is 18.6 Å².